The van der Waals surface area contributed by atoms with E-state index in [0.717, 1.165) is 24.3 Å². The molecule has 0 spiro atoms. The van der Waals surface area contributed by atoms with Gasteiger partial charge in [0.2, 0.25) is 0 Å². The number of hydrogen-bond acceptors (Lipinski definition) is 3. The molecule has 0 saturated heterocycles. The molecule has 0 radical (unpaired) electrons. The summed E-state index contributed by atoms with van der Waals surface area (Å²) < 4.78 is 69.5. The van der Waals surface area contributed by atoms with Gasteiger partial charge in [-0.3, -0.25) is 4.72 Å². The lowest BCUT2D eigenvalue weighted by atomic mass is 10.2. The first-order valence-corrected chi connectivity index (χ1v) is 8.62. The standard InChI is InChI=1S/C15H13ClF3NO3S/c1-2-23-14-8-7-12(9-13(14)16)24(21,22)20-11-5-3-10(4-6-11)15(17,18)19/h3-9,20H,2H2,1H3. The Kier molecular flexibility index (Phi) is 5.29. The predicted molar refractivity (Wildman–Crippen MR) is 84.9 cm³/mol. The molecule has 2 rings (SSSR count). The molecule has 2 aromatic carbocycles. The smallest absolute Gasteiger partial charge is 0.416 e. The summed E-state index contributed by atoms with van der Waals surface area (Å²) in [7, 11) is -3.99. The number of hydrogen-bond donors (Lipinski definition) is 1. The van der Waals surface area contributed by atoms with Crippen LogP contribution in [0.4, 0.5) is 18.9 Å². The Morgan fingerprint density at radius 1 is 1.12 bits per heavy atom. The Morgan fingerprint density at radius 2 is 1.75 bits per heavy atom. The highest BCUT2D eigenvalue weighted by atomic mass is 35.5. The van der Waals surface area contributed by atoms with Crippen LogP contribution in [0.5, 0.6) is 5.75 Å². The van der Waals surface area contributed by atoms with E-state index in [0.29, 0.717) is 12.4 Å². The minimum absolute atomic E-state index is 0.00741. The zero-order valence-electron chi connectivity index (χ0n) is 12.4. The second kappa shape index (κ2) is 6.90. The molecule has 130 valence electrons. The lowest BCUT2D eigenvalue weighted by Crippen LogP contribution is -2.13. The van der Waals surface area contributed by atoms with E-state index in [1.54, 1.807) is 6.92 Å². The highest BCUT2D eigenvalue weighted by Crippen LogP contribution is 2.31. The third-order valence-electron chi connectivity index (χ3n) is 2.98. The van der Waals surface area contributed by atoms with Crippen LogP contribution in [0.15, 0.2) is 47.4 Å². The quantitative estimate of drug-likeness (QED) is 0.828. The fourth-order valence-electron chi connectivity index (χ4n) is 1.86. The van der Waals surface area contributed by atoms with Gasteiger partial charge in [0.1, 0.15) is 5.75 Å². The molecule has 0 atom stereocenters. The third-order valence-corrected chi connectivity index (χ3v) is 4.65. The van der Waals surface area contributed by atoms with Crippen molar-refractivity contribution >= 4 is 27.3 Å². The van der Waals surface area contributed by atoms with Gasteiger partial charge in [0, 0.05) is 5.69 Å². The van der Waals surface area contributed by atoms with Crippen molar-refractivity contribution in [3.05, 3.63) is 53.1 Å². The average Bonchev–Trinajstić information content (AvgIpc) is 2.48. The van der Waals surface area contributed by atoms with Crippen LogP contribution in [-0.4, -0.2) is 15.0 Å². The van der Waals surface area contributed by atoms with Gasteiger partial charge >= 0.3 is 6.18 Å². The van der Waals surface area contributed by atoms with Gasteiger partial charge in [0.05, 0.1) is 22.1 Å². The van der Waals surface area contributed by atoms with Crippen LogP contribution in [0.1, 0.15) is 12.5 Å². The van der Waals surface area contributed by atoms with Gasteiger partial charge in [-0.25, -0.2) is 8.42 Å². The number of nitrogens with one attached hydrogen (secondary N) is 1. The first-order valence-electron chi connectivity index (χ1n) is 6.76. The summed E-state index contributed by atoms with van der Waals surface area (Å²) in [5, 5.41) is 0.118. The summed E-state index contributed by atoms with van der Waals surface area (Å²) in [6.45, 7) is 2.13. The molecule has 0 aliphatic rings. The first-order chi connectivity index (χ1) is 11.1. The molecule has 1 N–H and O–H groups in total. The summed E-state index contributed by atoms with van der Waals surface area (Å²) in [6.07, 6.45) is -4.49. The molecule has 9 heteroatoms. The van der Waals surface area contributed by atoms with Gasteiger partial charge in [-0.15, -0.1) is 0 Å². The van der Waals surface area contributed by atoms with Crippen LogP contribution < -0.4 is 9.46 Å². The summed E-state index contributed by atoms with van der Waals surface area (Å²) in [5.41, 5.74) is -0.859. The summed E-state index contributed by atoms with van der Waals surface area (Å²) in [5.74, 6) is 0.340. The average molecular weight is 380 g/mol. The Bertz CT molecular complexity index is 821. The molecule has 2 aromatic rings. The first kappa shape index (κ1) is 18.4. The van der Waals surface area contributed by atoms with Gasteiger partial charge in [-0.05, 0) is 49.4 Å². The largest absolute Gasteiger partial charge is 0.492 e. The lowest BCUT2D eigenvalue weighted by Gasteiger charge is -2.11. The number of alkyl halides is 3. The Labute approximate surface area is 142 Å². The highest BCUT2D eigenvalue weighted by molar-refractivity contribution is 7.92. The third kappa shape index (κ3) is 4.33. The van der Waals surface area contributed by atoms with E-state index < -0.39 is 21.8 Å². The maximum atomic E-state index is 12.5. The summed E-state index contributed by atoms with van der Waals surface area (Å²) in [6, 6.07) is 7.58. The molecule has 0 fully saturated rings. The van der Waals surface area contributed by atoms with E-state index in [2.05, 4.69) is 4.72 Å². The monoisotopic (exact) mass is 379 g/mol. The van der Waals surface area contributed by atoms with Crippen LogP contribution in [0, 0.1) is 0 Å². The van der Waals surface area contributed by atoms with Gasteiger partial charge in [0.15, 0.2) is 0 Å². The molecule has 0 bridgehead atoms. The predicted octanol–water partition coefficient (Wildman–Crippen LogP) is 4.56. The van der Waals surface area contributed by atoms with E-state index in [4.69, 9.17) is 16.3 Å². The molecule has 0 saturated carbocycles. The molecule has 0 unspecified atom stereocenters. The van der Waals surface area contributed by atoms with Crippen LogP contribution in [0.2, 0.25) is 5.02 Å². The number of rotatable bonds is 5. The van der Waals surface area contributed by atoms with Crippen LogP contribution in [-0.2, 0) is 16.2 Å². The Hall–Kier alpha value is -1.93. The van der Waals surface area contributed by atoms with Gasteiger partial charge in [0.25, 0.3) is 10.0 Å². The molecule has 0 amide bonds. The SMILES string of the molecule is CCOc1ccc(S(=O)(=O)Nc2ccc(C(F)(F)F)cc2)cc1Cl. The molecule has 4 nitrogen and oxygen atoms in total. The van der Waals surface area contributed by atoms with Crippen molar-refractivity contribution in [2.45, 2.75) is 18.0 Å². The van der Waals surface area contributed by atoms with Crippen LogP contribution >= 0.6 is 11.6 Å². The molecule has 0 heterocycles. The van der Waals surface area contributed by atoms with Crippen molar-refractivity contribution in [1.29, 1.82) is 0 Å². The minimum atomic E-state index is -4.49. The second-order valence-corrected chi connectivity index (χ2v) is 6.80. The van der Waals surface area contributed by atoms with E-state index >= 15 is 0 Å². The minimum Gasteiger partial charge on any atom is -0.492 e. The van der Waals surface area contributed by atoms with Gasteiger partial charge in [-0.1, -0.05) is 11.6 Å². The zero-order chi connectivity index (χ0) is 18.0. The zero-order valence-corrected chi connectivity index (χ0v) is 14.0. The number of halogens is 4. The molecule has 0 aliphatic carbocycles. The highest BCUT2D eigenvalue weighted by Gasteiger charge is 2.30. The molecule has 0 aromatic heterocycles. The Balaban J connectivity index is 2.23. The molecule has 0 aliphatic heterocycles. The molecular formula is C15H13ClF3NO3S. The molecular weight excluding hydrogens is 367 g/mol. The number of sulfonamides is 1. The maximum Gasteiger partial charge on any atom is 0.416 e. The number of ether oxygens (including phenoxy) is 1. The van der Waals surface area contributed by atoms with E-state index in [1.807, 2.05) is 0 Å². The van der Waals surface area contributed by atoms with Gasteiger partial charge < -0.3 is 4.74 Å². The fraction of sp³-hybridized carbons (Fsp3) is 0.200. The van der Waals surface area contributed by atoms with Gasteiger partial charge in [-0.2, -0.15) is 13.2 Å². The lowest BCUT2D eigenvalue weighted by molar-refractivity contribution is -0.137. The normalized spacial score (nSPS) is 12.0. The van der Waals surface area contributed by atoms with E-state index in [1.165, 1.54) is 18.2 Å². The molecule has 24 heavy (non-hydrogen) atoms. The Morgan fingerprint density at radius 3 is 2.25 bits per heavy atom. The maximum absolute atomic E-state index is 12.5. The number of benzene rings is 2. The van der Waals surface area contributed by atoms with Crippen molar-refractivity contribution in [1.82, 2.24) is 0 Å². The second-order valence-electron chi connectivity index (χ2n) is 4.71. The number of anilines is 1. The fourth-order valence-corrected chi connectivity index (χ4v) is 3.25. The van der Waals surface area contributed by atoms with Crippen molar-refractivity contribution in [3.63, 3.8) is 0 Å². The summed E-state index contributed by atoms with van der Waals surface area (Å²) in [4.78, 5) is -0.129. The topological polar surface area (TPSA) is 55.4 Å². The summed E-state index contributed by atoms with van der Waals surface area (Å²) >= 11 is 5.95. The van der Waals surface area contributed by atoms with Crippen molar-refractivity contribution in [2.24, 2.45) is 0 Å². The van der Waals surface area contributed by atoms with Crippen molar-refractivity contribution in [2.75, 3.05) is 11.3 Å². The van der Waals surface area contributed by atoms with Crippen LogP contribution in [0.25, 0.3) is 0 Å². The van der Waals surface area contributed by atoms with Crippen molar-refractivity contribution in [3.8, 4) is 5.75 Å². The van der Waals surface area contributed by atoms with E-state index in [9.17, 15) is 21.6 Å². The van der Waals surface area contributed by atoms with Crippen molar-refractivity contribution < 1.29 is 26.3 Å². The van der Waals surface area contributed by atoms with E-state index in [-0.39, 0.29) is 15.6 Å². The van der Waals surface area contributed by atoms with Crippen LogP contribution in [0.3, 0.4) is 0 Å².